The second-order valence-electron chi connectivity index (χ2n) is 5.35. The third-order valence-corrected chi connectivity index (χ3v) is 4.05. The Labute approximate surface area is 147 Å². The number of hydrogen-bond acceptors (Lipinski definition) is 4. The van der Waals surface area contributed by atoms with Gasteiger partial charge in [-0.05, 0) is 52.3 Å². The van der Waals surface area contributed by atoms with E-state index >= 15 is 0 Å². The van der Waals surface area contributed by atoms with Gasteiger partial charge in [0.2, 0.25) is 0 Å². The van der Waals surface area contributed by atoms with E-state index in [4.69, 9.17) is 9.47 Å². The molecule has 0 bridgehead atoms. The number of aromatic nitrogens is 1. The molecule has 0 aliphatic carbocycles. The molecule has 126 valence electrons. The molecule has 0 radical (unpaired) electrons. The molecule has 0 saturated carbocycles. The molecule has 3 rings (SSSR count). The lowest BCUT2D eigenvalue weighted by molar-refractivity contribution is -0.0402. The van der Waals surface area contributed by atoms with Crippen LogP contribution in [0.3, 0.4) is 0 Å². The van der Waals surface area contributed by atoms with Crippen LogP contribution in [0.25, 0.3) is 0 Å². The maximum atomic E-state index is 12.9. The fourth-order valence-corrected chi connectivity index (χ4v) is 2.76. The number of carbonyl (C=O) groups excluding carboxylic acids is 1. The maximum Gasteiger partial charge on any atom is 0.272 e. The Morgan fingerprint density at radius 2 is 2.12 bits per heavy atom. The highest BCUT2D eigenvalue weighted by Crippen LogP contribution is 2.15. The average Bonchev–Trinajstić information content (AvgIpc) is 2.61. The molecule has 2 heterocycles. The van der Waals surface area contributed by atoms with Crippen molar-refractivity contribution in [3.63, 3.8) is 0 Å². The molecule has 1 atom stereocenters. The van der Waals surface area contributed by atoms with Crippen molar-refractivity contribution in [3.8, 4) is 5.75 Å². The highest BCUT2D eigenvalue weighted by Gasteiger charge is 2.26. The summed E-state index contributed by atoms with van der Waals surface area (Å²) < 4.78 is 24.7. The smallest absolute Gasteiger partial charge is 0.272 e. The fraction of sp³-hybridized carbons (Fsp3) is 0.294. The van der Waals surface area contributed by atoms with E-state index in [9.17, 15) is 9.18 Å². The van der Waals surface area contributed by atoms with Crippen molar-refractivity contribution in [1.82, 2.24) is 9.88 Å². The van der Waals surface area contributed by atoms with Crippen LogP contribution in [0.4, 0.5) is 4.39 Å². The first-order valence-electron chi connectivity index (χ1n) is 7.53. The minimum Gasteiger partial charge on any atom is -0.491 e. The van der Waals surface area contributed by atoms with Crippen LogP contribution in [0.1, 0.15) is 10.5 Å². The van der Waals surface area contributed by atoms with E-state index in [-0.39, 0.29) is 17.8 Å². The van der Waals surface area contributed by atoms with E-state index in [1.54, 1.807) is 35.2 Å². The van der Waals surface area contributed by atoms with Crippen LogP contribution in [0.2, 0.25) is 0 Å². The number of ether oxygens (including phenoxy) is 2. The minimum absolute atomic E-state index is 0.133. The van der Waals surface area contributed by atoms with Gasteiger partial charge >= 0.3 is 0 Å². The first-order chi connectivity index (χ1) is 11.6. The van der Waals surface area contributed by atoms with Crippen molar-refractivity contribution in [1.29, 1.82) is 0 Å². The Morgan fingerprint density at radius 1 is 1.33 bits per heavy atom. The van der Waals surface area contributed by atoms with Crippen LogP contribution in [0.5, 0.6) is 5.75 Å². The number of pyridine rings is 1. The Morgan fingerprint density at radius 3 is 2.88 bits per heavy atom. The van der Waals surface area contributed by atoms with E-state index in [0.29, 0.717) is 42.3 Å². The van der Waals surface area contributed by atoms with Crippen molar-refractivity contribution in [3.05, 3.63) is 58.6 Å². The molecule has 1 saturated heterocycles. The van der Waals surface area contributed by atoms with Gasteiger partial charge in [0.15, 0.2) is 0 Å². The average molecular weight is 395 g/mol. The quantitative estimate of drug-likeness (QED) is 0.748. The van der Waals surface area contributed by atoms with Gasteiger partial charge in [-0.3, -0.25) is 4.79 Å². The first-order valence-corrected chi connectivity index (χ1v) is 8.33. The van der Waals surface area contributed by atoms with Gasteiger partial charge in [0.1, 0.15) is 34.6 Å². The van der Waals surface area contributed by atoms with Gasteiger partial charge in [-0.15, -0.1) is 0 Å². The molecule has 1 aromatic heterocycles. The molecular formula is C17H16BrFN2O3. The van der Waals surface area contributed by atoms with Crippen LogP contribution in [-0.4, -0.2) is 48.2 Å². The van der Waals surface area contributed by atoms with Crippen LogP contribution in [0, 0.1) is 5.82 Å². The summed E-state index contributed by atoms with van der Waals surface area (Å²) in [6.45, 7) is 1.67. The number of carbonyl (C=O) groups is 1. The number of benzene rings is 1. The first kappa shape index (κ1) is 16.9. The summed E-state index contributed by atoms with van der Waals surface area (Å²) in [7, 11) is 0. The van der Waals surface area contributed by atoms with Crippen LogP contribution >= 0.6 is 15.9 Å². The van der Waals surface area contributed by atoms with E-state index in [2.05, 4.69) is 20.9 Å². The summed E-state index contributed by atoms with van der Waals surface area (Å²) in [5.74, 6) is 0.123. The Balaban J connectivity index is 1.57. The van der Waals surface area contributed by atoms with Gasteiger partial charge in [0.05, 0.1) is 13.2 Å². The van der Waals surface area contributed by atoms with Gasteiger partial charge in [-0.2, -0.15) is 0 Å². The molecular weight excluding hydrogens is 379 g/mol. The summed E-state index contributed by atoms with van der Waals surface area (Å²) in [5.41, 5.74) is 0.393. The molecule has 1 aliphatic rings. The predicted octanol–water partition coefficient (Wildman–Crippen LogP) is 2.90. The van der Waals surface area contributed by atoms with Crippen molar-refractivity contribution in [2.24, 2.45) is 0 Å². The highest BCUT2D eigenvalue weighted by molar-refractivity contribution is 9.10. The van der Waals surface area contributed by atoms with Gasteiger partial charge in [0, 0.05) is 6.54 Å². The minimum atomic E-state index is -0.311. The summed E-state index contributed by atoms with van der Waals surface area (Å²) in [5, 5.41) is 0. The zero-order chi connectivity index (χ0) is 16.9. The highest BCUT2D eigenvalue weighted by atomic mass is 79.9. The van der Waals surface area contributed by atoms with Crippen molar-refractivity contribution >= 4 is 21.8 Å². The topological polar surface area (TPSA) is 51.7 Å². The Hall–Kier alpha value is -1.99. The van der Waals surface area contributed by atoms with Gasteiger partial charge in [-0.1, -0.05) is 6.07 Å². The van der Waals surface area contributed by atoms with E-state index in [0.717, 1.165) is 0 Å². The molecule has 24 heavy (non-hydrogen) atoms. The Kier molecular flexibility index (Phi) is 5.42. The molecule has 2 aromatic rings. The largest absolute Gasteiger partial charge is 0.491 e. The molecule has 5 nitrogen and oxygen atoms in total. The lowest BCUT2D eigenvalue weighted by atomic mass is 10.2. The lowest BCUT2D eigenvalue weighted by Crippen LogP contribution is -2.47. The summed E-state index contributed by atoms with van der Waals surface area (Å²) in [6.07, 6.45) is -0.236. The zero-order valence-corrected chi connectivity index (χ0v) is 14.4. The molecule has 1 fully saturated rings. The third-order valence-electron chi connectivity index (χ3n) is 3.61. The number of rotatable bonds is 4. The van der Waals surface area contributed by atoms with Gasteiger partial charge < -0.3 is 14.4 Å². The van der Waals surface area contributed by atoms with E-state index in [1.165, 1.54) is 12.1 Å². The maximum absolute atomic E-state index is 12.9. The molecule has 1 aromatic carbocycles. The zero-order valence-electron chi connectivity index (χ0n) is 12.8. The van der Waals surface area contributed by atoms with Crippen molar-refractivity contribution < 1.29 is 18.7 Å². The number of hydrogen-bond donors (Lipinski definition) is 0. The fourth-order valence-electron chi connectivity index (χ4n) is 2.41. The molecule has 1 unspecified atom stereocenters. The van der Waals surface area contributed by atoms with Crippen LogP contribution < -0.4 is 4.74 Å². The monoisotopic (exact) mass is 394 g/mol. The normalized spacial score (nSPS) is 17.6. The van der Waals surface area contributed by atoms with Gasteiger partial charge in [0.25, 0.3) is 5.91 Å². The van der Waals surface area contributed by atoms with Crippen molar-refractivity contribution in [2.45, 2.75) is 6.10 Å². The number of halogens is 2. The van der Waals surface area contributed by atoms with Gasteiger partial charge in [-0.25, -0.2) is 9.37 Å². The van der Waals surface area contributed by atoms with Crippen molar-refractivity contribution in [2.75, 3.05) is 26.3 Å². The van der Waals surface area contributed by atoms with E-state index in [1.807, 2.05) is 0 Å². The number of amides is 1. The summed E-state index contributed by atoms with van der Waals surface area (Å²) in [6, 6.07) is 11.0. The second kappa shape index (κ2) is 7.72. The van der Waals surface area contributed by atoms with Crippen LogP contribution in [-0.2, 0) is 4.74 Å². The molecule has 1 amide bonds. The Bertz CT molecular complexity index is 711. The van der Waals surface area contributed by atoms with E-state index < -0.39 is 0 Å². The summed E-state index contributed by atoms with van der Waals surface area (Å²) in [4.78, 5) is 18.4. The molecule has 1 aliphatic heterocycles. The number of nitrogens with zero attached hydrogens (tertiary/aromatic N) is 2. The predicted molar refractivity (Wildman–Crippen MR) is 89.5 cm³/mol. The summed E-state index contributed by atoms with van der Waals surface area (Å²) >= 11 is 3.27. The molecule has 0 spiro atoms. The third kappa shape index (κ3) is 4.30. The molecule has 7 heteroatoms. The second-order valence-corrected chi connectivity index (χ2v) is 6.17. The standard InChI is InChI=1S/C17H16BrFN2O3/c18-16-3-1-2-15(20-16)17(22)21-8-9-23-14(10-21)11-24-13-6-4-12(19)5-7-13/h1-7,14H,8-11H2. The van der Waals surface area contributed by atoms with Crippen LogP contribution in [0.15, 0.2) is 47.1 Å². The lowest BCUT2D eigenvalue weighted by Gasteiger charge is -2.32. The number of morpholine rings is 1. The molecule has 0 N–H and O–H groups in total. The SMILES string of the molecule is O=C(c1cccc(Br)n1)N1CCOC(COc2ccc(F)cc2)C1.